The molecule has 1 saturated carbocycles. The van der Waals surface area contributed by atoms with E-state index in [4.69, 9.17) is 4.74 Å². The van der Waals surface area contributed by atoms with E-state index in [2.05, 4.69) is 26.1 Å². The summed E-state index contributed by atoms with van der Waals surface area (Å²) in [4.78, 5) is 30.1. The third-order valence-corrected chi connectivity index (χ3v) is 7.19. The van der Waals surface area contributed by atoms with Gasteiger partial charge in [0.1, 0.15) is 5.92 Å². The minimum atomic E-state index is -0.584. The molecule has 0 radical (unpaired) electrons. The molecule has 2 amide bonds. The Morgan fingerprint density at radius 1 is 1.17 bits per heavy atom. The van der Waals surface area contributed by atoms with Crippen LogP contribution in [-0.4, -0.2) is 61.6 Å². The van der Waals surface area contributed by atoms with Gasteiger partial charge in [0, 0.05) is 41.9 Å². The number of amides is 2. The molecule has 2 aliphatic heterocycles. The van der Waals surface area contributed by atoms with E-state index in [1.807, 2.05) is 24.3 Å². The first-order valence-electron chi connectivity index (χ1n) is 10.8. The van der Waals surface area contributed by atoms with Crippen LogP contribution >= 0.6 is 15.9 Å². The highest BCUT2D eigenvalue weighted by atomic mass is 79.9. The van der Waals surface area contributed by atoms with Gasteiger partial charge in [-0.05, 0) is 37.5 Å². The second-order valence-electron chi connectivity index (χ2n) is 8.41. The van der Waals surface area contributed by atoms with E-state index < -0.39 is 5.92 Å². The summed E-state index contributed by atoms with van der Waals surface area (Å²) in [6, 6.07) is 7.69. The SMILES string of the molecule is O=C(NCC1(N2CCOCC2)CCCCC1)C1CCN(c2cccc(Br)c2)C1=O. The van der Waals surface area contributed by atoms with E-state index in [0.29, 0.717) is 19.5 Å². The number of halogens is 1. The molecule has 1 unspecified atom stereocenters. The van der Waals surface area contributed by atoms with Crippen molar-refractivity contribution in [2.75, 3.05) is 44.3 Å². The van der Waals surface area contributed by atoms with Crippen molar-refractivity contribution >= 4 is 33.4 Å². The van der Waals surface area contributed by atoms with Crippen LogP contribution in [0.5, 0.6) is 0 Å². The molecule has 3 fully saturated rings. The molecule has 2 saturated heterocycles. The van der Waals surface area contributed by atoms with Gasteiger partial charge >= 0.3 is 0 Å². The van der Waals surface area contributed by atoms with Crippen molar-refractivity contribution in [1.29, 1.82) is 0 Å². The number of carbonyl (C=O) groups is 2. The molecule has 158 valence electrons. The van der Waals surface area contributed by atoms with E-state index in [1.165, 1.54) is 19.3 Å². The molecule has 7 heteroatoms. The number of anilines is 1. The van der Waals surface area contributed by atoms with Crippen molar-refractivity contribution < 1.29 is 14.3 Å². The molecule has 0 aromatic heterocycles. The van der Waals surface area contributed by atoms with E-state index >= 15 is 0 Å². The first-order valence-corrected chi connectivity index (χ1v) is 11.6. The predicted octanol–water partition coefficient (Wildman–Crippen LogP) is 2.95. The maximum absolute atomic E-state index is 13.0. The first kappa shape index (κ1) is 20.8. The van der Waals surface area contributed by atoms with Crippen molar-refractivity contribution in [1.82, 2.24) is 10.2 Å². The standard InChI is InChI=1S/C22H30BrN3O3/c23-17-5-4-6-18(15-17)26-10-7-19(21(26)28)20(27)24-16-22(8-2-1-3-9-22)25-11-13-29-14-12-25/h4-6,15,19H,1-3,7-14,16H2,(H,24,27). The summed E-state index contributed by atoms with van der Waals surface area (Å²) in [7, 11) is 0. The molecule has 1 aromatic carbocycles. The van der Waals surface area contributed by atoms with Crippen LogP contribution in [0.2, 0.25) is 0 Å². The maximum atomic E-state index is 13.0. The lowest BCUT2D eigenvalue weighted by Gasteiger charge is -2.48. The van der Waals surface area contributed by atoms with Gasteiger partial charge in [0.2, 0.25) is 11.8 Å². The van der Waals surface area contributed by atoms with Crippen molar-refractivity contribution in [3.05, 3.63) is 28.7 Å². The van der Waals surface area contributed by atoms with Gasteiger partial charge in [-0.15, -0.1) is 0 Å². The van der Waals surface area contributed by atoms with E-state index in [0.717, 1.165) is 49.3 Å². The zero-order valence-electron chi connectivity index (χ0n) is 16.9. The summed E-state index contributed by atoms with van der Waals surface area (Å²) in [6.45, 7) is 4.59. The quantitative estimate of drug-likeness (QED) is 0.681. The number of hydrogen-bond acceptors (Lipinski definition) is 4. The fourth-order valence-electron chi connectivity index (χ4n) is 5.05. The molecule has 0 spiro atoms. The molecular weight excluding hydrogens is 434 g/mol. The van der Waals surface area contributed by atoms with Crippen molar-refractivity contribution in [2.24, 2.45) is 5.92 Å². The van der Waals surface area contributed by atoms with Crippen LogP contribution in [0.3, 0.4) is 0 Å². The Labute approximate surface area is 181 Å². The Bertz CT molecular complexity index is 745. The number of rotatable bonds is 5. The van der Waals surface area contributed by atoms with Gasteiger partial charge in [0.25, 0.3) is 0 Å². The number of nitrogens with one attached hydrogen (secondary N) is 1. The van der Waals surface area contributed by atoms with Crippen LogP contribution in [0.4, 0.5) is 5.69 Å². The van der Waals surface area contributed by atoms with Crippen molar-refractivity contribution in [2.45, 2.75) is 44.1 Å². The molecule has 0 bridgehead atoms. The molecule has 1 atom stereocenters. The summed E-state index contributed by atoms with van der Waals surface area (Å²) in [5, 5.41) is 3.17. The number of benzene rings is 1. The third kappa shape index (κ3) is 4.52. The largest absolute Gasteiger partial charge is 0.379 e. The highest BCUT2D eigenvalue weighted by Crippen LogP contribution is 2.34. The van der Waals surface area contributed by atoms with Crippen LogP contribution in [0.1, 0.15) is 38.5 Å². The number of morpholine rings is 1. The molecule has 4 rings (SSSR count). The van der Waals surface area contributed by atoms with Crippen LogP contribution in [-0.2, 0) is 14.3 Å². The molecule has 1 aromatic rings. The summed E-state index contributed by atoms with van der Waals surface area (Å²) in [6.07, 6.45) is 6.45. The lowest BCUT2D eigenvalue weighted by atomic mass is 9.79. The van der Waals surface area contributed by atoms with E-state index in [9.17, 15) is 9.59 Å². The normalized spacial score (nSPS) is 25.2. The molecule has 2 heterocycles. The molecule has 29 heavy (non-hydrogen) atoms. The zero-order valence-corrected chi connectivity index (χ0v) is 18.5. The Hall–Kier alpha value is -1.44. The Kier molecular flexibility index (Phi) is 6.56. The van der Waals surface area contributed by atoms with Gasteiger partial charge in [-0.25, -0.2) is 0 Å². The Morgan fingerprint density at radius 3 is 2.66 bits per heavy atom. The highest BCUT2D eigenvalue weighted by Gasteiger charge is 2.41. The smallest absolute Gasteiger partial charge is 0.239 e. The Morgan fingerprint density at radius 2 is 1.93 bits per heavy atom. The number of carbonyl (C=O) groups excluding carboxylic acids is 2. The lowest BCUT2D eigenvalue weighted by molar-refractivity contribution is -0.132. The van der Waals surface area contributed by atoms with Gasteiger partial charge < -0.3 is 15.0 Å². The second-order valence-corrected chi connectivity index (χ2v) is 9.33. The summed E-state index contributed by atoms with van der Waals surface area (Å²) >= 11 is 3.45. The summed E-state index contributed by atoms with van der Waals surface area (Å²) < 4.78 is 6.47. The van der Waals surface area contributed by atoms with Gasteiger partial charge in [-0.2, -0.15) is 0 Å². The van der Waals surface area contributed by atoms with Crippen LogP contribution in [0, 0.1) is 5.92 Å². The van der Waals surface area contributed by atoms with Crippen LogP contribution in [0.25, 0.3) is 0 Å². The minimum Gasteiger partial charge on any atom is -0.379 e. The second kappa shape index (κ2) is 9.14. The minimum absolute atomic E-state index is 0.0172. The number of nitrogens with zero attached hydrogens (tertiary/aromatic N) is 2. The molecular formula is C22H30BrN3O3. The lowest BCUT2D eigenvalue weighted by Crippen LogP contribution is -2.60. The number of hydrogen-bond donors (Lipinski definition) is 1. The summed E-state index contributed by atoms with van der Waals surface area (Å²) in [5.41, 5.74) is 0.861. The zero-order chi connectivity index (χ0) is 20.3. The van der Waals surface area contributed by atoms with Gasteiger partial charge in [-0.1, -0.05) is 41.3 Å². The molecule has 1 N–H and O–H groups in total. The van der Waals surface area contributed by atoms with Gasteiger partial charge in [0.05, 0.1) is 13.2 Å². The van der Waals surface area contributed by atoms with Crippen LogP contribution < -0.4 is 10.2 Å². The summed E-state index contributed by atoms with van der Waals surface area (Å²) in [5.74, 6) is -0.797. The van der Waals surface area contributed by atoms with Gasteiger partial charge in [0.15, 0.2) is 0 Å². The van der Waals surface area contributed by atoms with Gasteiger partial charge in [-0.3, -0.25) is 14.5 Å². The fourth-order valence-corrected chi connectivity index (χ4v) is 5.44. The topological polar surface area (TPSA) is 61.9 Å². The fraction of sp³-hybridized carbons (Fsp3) is 0.636. The van der Waals surface area contributed by atoms with Crippen molar-refractivity contribution in [3.8, 4) is 0 Å². The van der Waals surface area contributed by atoms with E-state index in [-0.39, 0.29) is 17.4 Å². The maximum Gasteiger partial charge on any atom is 0.239 e. The molecule has 6 nitrogen and oxygen atoms in total. The van der Waals surface area contributed by atoms with Crippen LogP contribution in [0.15, 0.2) is 28.7 Å². The average Bonchev–Trinajstić information content (AvgIpc) is 3.15. The predicted molar refractivity (Wildman–Crippen MR) is 116 cm³/mol. The highest BCUT2D eigenvalue weighted by molar-refractivity contribution is 9.10. The number of ether oxygens (including phenoxy) is 1. The third-order valence-electron chi connectivity index (χ3n) is 6.70. The van der Waals surface area contributed by atoms with Crippen molar-refractivity contribution in [3.63, 3.8) is 0 Å². The molecule has 3 aliphatic rings. The first-order chi connectivity index (χ1) is 14.1. The average molecular weight is 464 g/mol. The Balaban J connectivity index is 1.40. The monoisotopic (exact) mass is 463 g/mol. The van der Waals surface area contributed by atoms with E-state index in [1.54, 1.807) is 4.90 Å². The molecule has 1 aliphatic carbocycles.